The summed E-state index contributed by atoms with van der Waals surface area (Å²) in [5, 5.41) is 6.15. The minimum Gasteiger partial charge on any atom is -0.277 e. The van der Waals surface area contributed by atoms with Crippen LogP contribution in [0.15, 0.2) is 17.3 Å². The molecule has 0 aliphatic carbocycles. The van der Waals surface area contributed by atoms with Crippen molar-refractivity contribution in [3.63, 3.8) is 0 Å². The molecule has 0 fully saturated rings. The van der Waals surface area contributed by atoms with E-state index in [1.807, 2.05) is 0 Å². The molecule has 56 valence electrons. The summed E-state index contributed by atoms with van der Waals surface area (Å²) in [4.78, 5) is 0. The summed E-state index contributed by atoms with van der Waals surface area (Å²) in [5.41, 5.74) is 0. The van der Waals surface area contributed by atoms with E-state index in [1.165, 1.54) is 12.3 Å². The second-order valence-corrected chi connectivity index (χ2v) is 4.66. The van der Waals surface area contributed by atoms with Gasteiger partial charge in [-0.25, -0.2) is 0 Å². The van der Waals surface area contributed by atoms with Crippen LogP contribution in [0.2, 0.25) is 0 Å². The van der Waals surface area contributed by atoms with Crippen molar-refractivity contribution in [2.75, 3.05) is 0 Å². The lowest BCUT2D eigenvalue weighted by atomic mass is 10.8. The first kappa shape index (κ1) is 7.58. The number of hydrogen-bond donors (Lipinski definition) is 2. The number of aromatic amines is 1. The van der Waals surface area contributed by atoms with E-state index in [0.29, 0.717) is 15.8 Å². The Morgan fingerprint density at radius 2 is 2.40 bits per heavy atom. The quantitative estimate of drug-likeness (QED) is 0.505. The van der Waals surface area contributed by atoms with Gasteiger partial charge in [0.05, 0.1) is 10.8 Å². The van der Waals surface area contributed by atoms with E-state index < -0.39 is 9.15 Å². The summed E-state index contributed by atoms with van der Waals surface area (Å²) in [5.74, 6) is 0. The van der Waals surface area contributed by atoms with Crippen molar-refractivity contribution in [1.29, 1.82) is 0 Å². The van der Waals surface area contributed by atoms with E-state index in [1.54, 1.807) is 0 Å². The zero-order chi connectivity index (χ0) is 7.61. The van der Waals surface area contributed by atoms with Gasteiger partial charge in [0.25, 0.3) is 0 Å². The van der Waals surface area contributed by atoms with Crippen LogP contribution in [0.3, 0.4) is 0 Å². The fourth-order valence-electron chi connectivity index (χ4n) is 0.403. The first-order valence-electron chi connectivity index (χ1n) is 2.24. The first-order chi connectivity index (χ1) is 4.58. The molecule has 0 atom stereocenters. The molecular formula is C3H4N2O3S2. The van der Waals surface area contributed by atoms with Gasteiger partial charge < -0.3 is 0 Å². The van der Waals surface area contributed by atoms with E-state index >= 15 is 0 Å². The average Bonchev–Trinajstić information content (AvgIpc) is 2.12. The molecule has 0 saturated carbocycles. The summed E-state index contributed by atoms with van der Waals surface area (Å²) < 4.78 is 28.6. The highest BCUT2D eigenvalue weighted by Crippen LogP contribution is 2.19. The summed E-state index contributed by atoms with van der Waals surface area (Å²) in [6.07, 6.45) is 1.40. The number of H-pyrrole nitrogens is 1. The third-order valence-electron chi connectivity index (χ3n) is 0.670. The van der Waals surface area contributed by atoms with Crippen LogP contribution >= 0.6 is 10.8 Å². The van der Waals surface area contributed by atoms with Gasteiger partial charge in [0.2, 0.25) is 0 Å². The molecule has 1 aromatic rings. The lowest BCUT2D eigenvalue weighted by Gasteiger charge is -1.88. The van der Waals surface area contributed by atoms with Crippen LogP contribution in [0.25, 0.3) is 0 Å². The molecule has 10 heavy (non-hydrogen) atoms. The van der Waals surface area contributed by atoms with E-state index in [-0.39, 0.29) is 0 Å². The molecule has 2 N–H and O–H groups in total. The van der Waals surface area contributed by atoms with Gasteiger partial charge >= 0.3 is 9.15 Å². The summed E-state index contributed by atoms with van der Waals surface area (Å²) in [6, 6.07) is 1.44. The molecule has 1 rings (SSSR count). The van der Waals surface area contributed by atoms with Crippen molar-refractivity contribution in [3.05, 3.63) is 12.3 Å². The zero-order valence-electron chi connectivity index (χ0n) is 4.68. The Hall–Kier alpha value is -0.530. The van der Waals surface area contributed by atoms with E-state index in [0.717, 1.165) is 0 Å². The summed E-state index contributed by atoms with van der Waals surface area (Å²) in [7, 11) is -3.68. The zero-order valence-corrected chi connectivity index (χ0v) is 6.32. The molecule has 0 radical (unpaired) electrons. The van der Waals surface area contributed by atoms with E-state index in [2.05, 4.69) is 10.2 Å². The Balaban J connectivity index is 2.75. The van der Waals surface area contributed by atoms with Gasteiger partial charge in [-0.2, -0.15) is 13.5 Å². The van der Waals surface area contributed by atoms with Crippen LogP contribution in [0.5, 0.6) is 0 Å². The molecule has 0 aliphatic heterocycles. The number of aromatic nitrogens is 2. The van der Waals surface area contributed by atoms with E-state index in [4.69, 9.17) is 4.55 Å². The van der Waals surface area contributed by atoms with Gasteiger partial charge in [0, 0.05) is 6.20 Å². The lowest BCUT2D eigenvalue weighted by molar-refractivity contribution is 0.503. The van der Waals surface area contributed by atoms with Crippen molar-refractivity contribution in [2.24, 2.45) is 0 Å². The lowest BCUT2D eigenvalue weighted by Crippen LogP contribution is -1.88. The maximum absolute atomic E-state index is 10.2. The first-order valence-corrected chi connectivity index (χ1v) is 5.01. The molecular weight excluding hydrogens is 176 g/mol. The van der Waals surface area contributed by atoms with Crippen molar-refractivity contribution >= 4 is 19.9 Å². The third-order valence-corrected chi connectivity index (χ3v) is 2.46. The van der Waals surface area contributed by atoms with Crippen molar-refractivity contribution in [2.45, 2.75) is 5.03 Å². The Morgan fingerprint density at radius 1 is 1.70 bits per heavy atom. The maximum Gasteiger partial charge on any atom is 0.325 e. The molecule has 0 bridgehead atoms. The monoisotopic (exact) mass is 180 g/mol. The van der Waals surface area contributed by atoms with Crippen molar-refractivity contribution < 1.29 is 13.0 Å². The van der Waals surface area contributed by atoms with Crippen LogP contribution in [0.1, 0.15) is 0 Å². The second-order valence-electron chi connectivity index (χ2n) is 1.43. The topological polar surface area (TPSA) is 83.1 Å². The molecule has 5 nitrogen and oxygen atoms in total. The smallest absolute Gasteiger partial charge is 0.277 e. The molecule has 0 unspecified atom stereocenters. The normalized spacial score (nSPS) is 11.7. The maximum atomic E-state index is 10.2. The van der Waals surface area contributed by atoms with Gasteiger partial charge in [0.15, 0.2) is 0 Å². The fourth-order valence-corrected chi connectivity index (χ4v) is 1.80. The number of rotatable bonds is 2. The number of hydrogen-bond acceptors (Lipinski definition) is 4. The van der Waals surface area contributed by atoms with Gasteiger partial charge in [-0.05, 0) is 6.07 Å². The van der Waals surface area contributed by atoms with Crippen LogP contribution in [-0.2, 0) is 9.15 Å². The minimum atomic E-state index is -4.00. The van der Waals surface area contributed by atoms with Gasteiger partial charge in [-0.1, -0.05) is 0 Å². The second kappa shape index (κ2) is 2.60. The molecule has 0 aromatic carbocycles. The molecule has 0 amide bonds. The Labute approximate surface area is 61.0 Å². The molecule has 1 aromatic heterocycles. The molecule has 0 spiro atoms. The molecule has 0 saturated heterocycles. The van der Waals surface area contributed by atoms with Crippen LogP contribution in [0.4, 0.5) is 0 Å². The fraction of sp³-hybridized carbons (Fsp3) is 0. The van der Waals surface area contributed by atoms with Gasteiger partial charge in [-0.15, -0.1) is 0 Å². The Kier molecular flexibility index (Phi) is 1.97. The Morgan fingerprint density at radius 3 is 2.80 bits per heavy atom. The highest BCUT2D eigenvalue weighted by Gasteiger charge is 2.07. The summed E-state index contributed by atoms with van der Waals surface area (Å²) in [6.45, 7) is 0. The van der Waals surface area contributed by atoms with Gasteiger partial charge in [-0.3, -0.25) is 9.65 Å². The number of nitrogens with one attached hydrogen (secondary N) is 1. The van der Waals surface area contributed by atoms with Gasteiger partial charge in [0.1, 0.15) is 5.03 Å². The van der Waals surface area contributed by atoms with Crippen molar-refractivity contribution in [3.8, 4) is 0 Å². The highest BCUT2D eigenvalue weighted by atomic mass is 33.1. The Bertz CT molecular complexity index is 290. The van der Waals surface area contributed by atoms with Crippen LogP contribution in [0, 0.1) is 0 Å². The third kappa shape index (κ3) is 2.38. The predicted octanol–water partition coefficient (Wildman–Crippen LogP) is 0.305. The highest BCUT2D eigenvalue weighted by molar-refractivity contribution is 8.69. The van der Waals surface area contributed by atoms with Crippen LogP contribution < -0.4 is 0 Å². The number of nitrogens with zero attached hydrogens (tertiary/aromatic N) is 1. The predicted molar refractivity (Wildman–Crippen MR) is 36.0 cm³/mol. The van der Waals surface area contributed by atoms with E-state index in [9.17, 15) is 8.42 Å². The van der Waals surface area contributed by atoms with Crippen LogP contribution in [-0.4, -0.2) is 23.2 Å². The summed E-state index contributed by atoms with van der Waals surface area (Å²) >= 11 is 0. The molecule has 7 heteroatoms. The molecule has 1 heterocycles. The largest absolute Gasteiger partial charge is 0.325 e. The SMILES string of the molecule is O=S(=O)(O)Sc1ccn[nH]1. The molecule has 0 aliphatic rings. The minimum absolute atomic E-state index is 0.294. The average molecular weight is 180 g/mol. The standard InChI is InChI=1S/C3H4N2O3S2/c6-10(7,8)9-3-1-2-4-5-3/h1-2H,(H,4,5)(H,6,7,8). The van der Waals surface area contributed by atoms with Crippen molar-refractivity contribution in [1.82, 2.24) is 10.2 Å².